The second-order valence-electron chi connectivity index (χ2n) is 4.11. The zero-order valence-corrected chi connectivity index (χ0v) is 10.8. The molecule has 1 aromatic carbocycles. The van der Waals surface area contributed by atoms with Crippen molar-refractivity contribution in [1.29, 1.82) is 0 Å². The van der Waals surface area contributed by atoms with Crippen LogP contribution in [0.1, 0.15) is 15.9 Å². The van der Waals surface area contributed by atoms with Gasteiger partial charge in [0.1, 0.15) is 5.56 Å². The highest BCUT2D eigenvalue weighted by Crippen LogP contribution is 2.21. The second kappa shape index (κ2) is 6.11. The average molecular weight is 251 g/mol. The summed E-state index contributed by atoms with van der Waals surface area (Å²) in [6, 6.07) is 4.55. The van der Waals surface area contributed by atoms with E-state index in [1.165, 1.54) is 11.0 Å². The minimum absolute atomic E-state index is 0.138. The van der Waals surface area contributed by atoms with Gasteiger partial charge in [-0.3, -0.25) is 14.9 Å². The van der Waals surface area contributed by atoms with Gasteiger partial charge in [-0.2, -0.15) is 0 Å². The maximum Gasteiger partial charge on any atom is 0.282 e. The summed E-state index contributed by atoms with van der Waals surface area (Å²) in [5.74, 6) is -0.333. The molecule has 0 radical (unpaired) electrons. The van der Waals surface area contributed by atoms with Crippen molar-refractivity contribution in [3.63, 3.8) is 0 Å². The standard InChI is InChI=1S/C12H17N3O3/c1-9-4-5-11(15(17)18)10(8-9)12(16)14(3)7-6-13-2/h4-5,8,13H,6-7H2,1-3H3. The Kier molecular flexibility index (Phi) is 4.79. The van der Waals surface area contributed by atoms with Gasteiger partial charge in [-0.15, -0.1) is 0 Å². The lowest BCUT2D eigenvalue weighted by Crippen LogP contribution is -2.33. The molecule has 0 saturated carbocycles. The number of aryl methyl sites for hydroxylation is 1. The molecule has 0 saturated heterocycles. The topological polar surface area (TPSA) is 75.5 Å². The number of nitrogens with zero attached hydrogens (tertiary/aromatic N) is 2. The fourth-order valence-corrected chi connectivity index (χ4v) is 1.57. The number of likely N-dealkylation sites (N-methyl/N-ethyl adjacent to an activating group) is 2. The number of benzene rings is 1. The van der Waals surface area contributed by atoms with E-state index in [0.717, 1.165) is 5.56 Å². The second-order valence-corrected chi connectivity index (χ2v) is 4.11. The molecule has 0 aliphatic carbocycles. The Morgan fingerprint density at radius 2 is 2.17 bits per heavy atom. The van der Waals surface area contributed by atoms with Gasteiger partial charge in [0, 0.05) is 26.2 Å². The van der Waals surface area contributed by atoms with Gasteiger partial charge in [0.2, 0.25) is 0 Å². The zero-order valence-electron chi connectivity index (χ0n) is 10.8. The summed E-state index contributed by atoms with van der Waals surface area (Å²) in [6.07, 6.45) is 0. The summed E-state index contributed by atoms with van der Waals surface area (Å²) < 4.78 is 0. The van der Waals surface area contributed by atoms with Crippen LogP contribution in [0.25, 0.3) is 0 Å². The van der Waals surface area contributed by atoms with Crippen LogP contribution in [-0.2, 0) is 0 Å². The Labute approximate surface area is 106 Å². The number of hydrogen-bond acceptors (Lipinski definition) is 4. The maximum atomic E-state index is 12.1. The quantitative estimate of drug-likeness (QED) is 0.630. The van der Waals surface area contributed by atoms with Crippen LogP contribution in [-0.4, -0.2) is 42.9 Å². The summed E-state index contributed by atoms with van der Waals surface area (Å²) in [4.78, 5) is 24.0. The van der Waals surface area contributed by atoms with Crippen molar-refractivity contribution in [2.45, 2.75) is 6.92 Å². The molecule has 0 spiro atoms. The third-order valence-corrected chi connectivity index (χ3v) is 2.62. The molecule has 0 heterocycles. The zero-order chi connectivity index (χ0) is 13.7. The van der Waals surface area contributed by atoms with Gasteiger partial charge in [0.05, 0.1) is 4.92 Å². The van der Waals surface area contributed by atoms with Crippen molar-refractivity contribution >= 4 is 11.6 Å². The maximum absolute atomic E-state index is 12.1. The Morgan fingerprint density at radius 1 is 1.50 bits per heavy atom. The Balaban J connectivity index is 3.03. The summed E-state index contributed by atoms with van der Waals surface area (Å²) in [5.41, 5.74) is 0.812. The summed E-state index contributed by atoms with van der Waals surface area (Å²) in [7, 11) is 3.42. The van der Waals surface area contributed by atoms with E-state index in [4.69, 9.17) is 0 Å². The molecule has 0 aliphatic heterocycles. The number of rotatable bonds is 5. The fraction of sp³-hybridized carbons (Fsp3) is 0.417. The Hall–Kier alpha value is -1.95. The first-order chi connectivity index (χ1) is 8.47. The third-order valence-electron chi connectivity index (χ3n) is 2.62. The predicted octanol–water partition coefficient (Wildman–Crippen LogP) is 1.19. The van der Waals surface area contributed by atoms with Gasteiger partial charge >= 0.3 is 0 Å². The molecular weight excluding hydrogens is 234 g/mol. The lowest BCUT2D eigenvalue weighted by Gasteiger charge is -2.17. The predicted molar refractivity (Wildman–Crippen MR) is 68.7 cm³/mol. The molecule has 98 valence electrons. The average Bonchev–Trinajstić information content (AvgIpc) is 2.34. The van der Waals surface area contributed by atoms with Crippen molar-refractivity contribution in [1.82, 2.24) is 10.2 Å². The third kappa shape index (κ3) is 3.27. The molecule has 0 aromatic heterocycles. The van der Waals surface area contributed by atoms with Crippen LogP contribution in [0.4, 0.5) is 5.69 Å². The van der Waals surface area contributed by atoms with E-state index in [2.05, 4.69) is 5.32 Å². The van der Waals surface area contributed by atoms with Crippen LogP contribution >= 0.6 is 0 Å². The van der Waals surface area contributed by atoms with Crippen LogP contribution in [0.3, 0.4) is 0 Å². The molecule has 0 atom stereocenters. The van der Waals surface area contributed by atoms with Crippen molar-refractivity contribution in [2.75, 3.05) is 27.2 Å². The number of nitro groups is 1. The van der Waals surface area contributed by atoms with Crippen LogP contribution in [0.5, 0.6) is 0 Å². The van der Waals surface area contributed by atoms with Crippen molar-refractivity contribution in [2.24, 2.45) is 0 Å². The van der Waals surface area contributed by atoms with E-state index in [0.29, 0.717) is 13.1 Å². The van der Waals surface area contributed by atoms with E-state index in [-0.39, 0.29) is 17.2 Å². The Bertz CT molecular complexity index is 460. The van der Waals surface area contributed by atoms with Crippen LogP contribution < -0.4 is 5.32 Å². The molecule has 18 heavy (non-hydrogen) atoms. The van der Waals surface area contributed by atoms with Crippen LogP contribution in [0.15, 0.2) is 18.2 Å². The van der Waals surface area contributed by atoms with Gasteiger partial charge in [0.15, 0.2) is 0 Å². The number of carbonyl (C=O) groups is 1. The van der Waals surface area contributed by atoms with E-state index in [9.17, 15) is 14.9 Å². The first kappa shape index (κ1) is 14.1. The van der Waals surface area contributed by atoms with Crippen molar-refractivity contribution in [3.8, 4) is 0 Å². The molecule has 1 N–H and O–H groups in total. The normalized spacial score (nSPS) is 10.2. The summed E-state index contributed by atoms with van der Waals surface area (Å²) >= 11 is 0. The first-order valence-corrected chi connectivity index (χ1v) is 5.62. The molecule has 0 fully saturated rings. The monoisotopic (exact) mass is 251 g/mol. The summed E-state index contributed by atoms with van der Waals surface area (Å²) in [5, 5.41) is 13.8. The lowest BCUT2D eigenvalue weighted by molar-refractivity contribution is -0.385. The van der Waals surface area contributed by atoms with E-state index in [1.807, 2.05) is 0 Å². The highest BCUT2D eigenvalue weighted by Gasteiger charge is 2.22. The largest absolute Gasteiger partial charge is 0.340 e. The van der Waals surface area contributed by atoms with Crippen molar-refractivity contribution < 1.29 is 9.72 Å². The number of carbonyl (C=O) groups excluding carboxylic acids is 1. The highest BCUT2D eigenvalue weighted by molar-refractivity contribution is 5.98. The van der Waals surface area contributed by atoms with Gasteiger partial charge in [-0.05, 0) is 25.6 Å². The molecule has 0 bridgehead atoms. The number of amides is 1. The number of nitro benzene ring substituents is 1. The van der Waals surface area contributed by atoms with E-state index in [1.54, 1.807) is 33.2 Å². The minimum Gasteiger partial charge on any atom is -0.340 e. The molecule has 0 aliphatic rings. The van der Waals surface area contributed by atoms with E-state index < -0.39 is 4.92 Å². The van der Waals surface area contributed by atoms with Gasteiger partial charge in [-0.25, -0.2) is 0 Å². The molecular formula is C12H17N3O3. The molecule has 1 amide bonds. The van der Waals surface area contributed by atoms with Gasteiger partial charge < -0.3 is 10.2 Å². The Morgan fingerprint density at radius 3 is 2.72 bits per heavy atom. The minimum atomic E-state index is -0.529. The summed E-state index contributed by atoms with van der Waals surface area (Å²) in [6.45, 7) is 2.94. The smallest absolute Gasteiger partial charge is 0.282 e. The molecule has 1 aromatic rings. The van der Waals surface area contributed by atoms with Crippen LogP contribution in [0, 0.1) is 17.0 Å². The van der Waals surface area contributed by atoms with Crippen LogP contribution in [0.2, 0.25) is 0 Å². The molecule has 0 unspecified atom stereocenters. The van der Waals surface area contributed by atoms with Crippen molar-refractivity contribution in [3.05, 3.63) is 39.4 Å². The highest BCUT2D eigenvalue weighted by atomic mass is 16.6. The fourth-order valence-electron chi connectivity index (χ4n) is 1.57. The molecule has 6 nitrogen and oxygen atoms in total. The van der Waals surface area contributed by atoms with Gasteiger partial charge in [-0.1, -0.05) is 6.07 Å². The first-order valence-electron chi connectivity index (χ1n) is 5.62. The number of nitrogens with one attached hydrogen (secondary N) is 1. The SMILES string of the molecule is CNCCN(C)C(=O)c1cc(C)ccc1[N+](=O)[O-]. The molecule has 6 heteroatoms. The number of hydrogen-bond donors (Lipinski definition) is 1. The van der Waals surface area contributed by atoms with E-state index >= 15 is 0 Å². The molecule has 1 rings (SSSR count). The van der Waals surface area contributed by atoms with Gasteiger partial charge in [0.25, 0.3) is 11.6 Å². The lowest BCUT2D eigenvalue weighted by atomic mass is 10.1.